The lowest BCUT2D eigenvalue weighted by atomic mass is 9.92. The van der Waals surface area contributed by atoms with Crippen molar-refractivity contribution in [2.45, 2.75) is 6.82 Å². The van der Waals surface area contributed by atoms with E-state index < -0.39 is 7.12 Å². The molecular formula is C40H25BN2O2. The summed E-state index contributed by atoms with van der Waals surface area (Å²) in [4.78, 5) is 9.18. The second-order valence-electron chi connectivity index (χ2n) is 12.0. The van der Waals surface area contributed by atoms with Crippen LogP contribution in [0.1, 0.15) is 5.56 Å². The SMILES string of the molecule is CB1Oc2cc3ccccc3cc2C2=Nc3c(c4cccc5cccc(c3=C2)c54)-c2ccc([nH]2)-c2cc3ccccc3cc2O1. The largest absolute Gasteiger partial charge is 0.591 e. The van der Waals surface area contributed by atoms with E-state index in [0.29, 0.717) is 0 Å². The highest BCUT2D eigenvalue weighted by atomic mass is 16.6. The Morgan fingerprint density at radius 1 is 0.578 bits per heavy atom. The van der Waals surface area contributed by atoms with E-state index in [2.05, 4.69) is 132 Å². The van der Waals surface area contributed by atoms with E-state index in [4.69, 9.17) is 14.3 Å². The third kappa shape index (κ3) is 3.64. The van der Waals surface area contributed by atoms with E-state index in [1.165, 1.54) is 21.5 Å². The standard InChI is InChI=1S/C40H25BN2O2/c1-41-44-36-20-26-10-4-2-8-24(26)18-31(36)33-16-17-34(42-33)39-29-15-7-13-23-12-6-14-28(38(23)29)30-22-35(43-40(30)39)32-19-25-9-3-5-11-27(25)21-37(32)45-41/h2-22,42H,1H3. The maximum atomic E-state index is 6.68. The number of hydrogen-bond donors (Lipinski definition) is 1. The quantitative estimate of drug-likeness (QED) is 0.183. The molecule has 0 atom stereocenters. The van der Waals surface area contributed by atoms with Crippen molar-refractivity contribution in [2.75, 3.05) is 0 Å². The number of nitrogens with one attached hydrogen (secondary N) is 1. The van der Waals surface area contributed by atoms with Crippen molar-refractivity contribution in [2.24, 2.45) is 4.99 Å². The van der Waals surface area contributed by atoms with Gasteiger partial charge in [-0.25, -0.2) is 4.99 Å². The van der Waals surface area contributed by atoms with Crippen molar-refractivity contribution in [1.82, 2.24) is 4.98 Å². The molecule has 1 aromatic heterocycles. The van der Waals surface area contributed by atoms with Gasteiger partial charge in [-0.15, -0.1) is 0 Å². The highest BCUT2D eigenvalue weighted by Gasteiger charge is 2.27. The lowest BCUT2D eigenvalue weighted by Crippen LogP contribution is -2.26. The minimum absolute atomic E-state index is 0.563. The van der Waals surface area contributed by atoms with Crippen LogP contribution in [0.2, 0.25) is 6.82 Å². The fourth-order valence-electron chi connectivity index (χ4n) is 7.25. The Bertz CT molecular complexity index is 2630. The molecule has 2 aliphatic heterocycles. The first-order chi connectivity index (χ1) is 22.2. The molecule has 8 aromatic rings. The summed E-state index contributed by atoms with van der Waals surface area (Å²) < 4.78 is 13.3. The van der Waals surface area contributed by atoms with E-state index in [0.717, 1.165) is 77.7 Å². The number of H-pyrrole nitrogens is 1. The Hall–Kier alpha value is -5.81. The first kappa shape index (κ1) is 24.6. The molecule has 45 heavy (non-hydrogen) atoms. The zero-order chi connectivity index (χ0) is 29.6. The molecule has 4 nitrogen and oxygen atoms in total. The topological polar surface area (TPSA) is 46.6 Å². The number of rotatable bonds is 0. The van der Waals surface area contributed by atoms with Gasteiger partial charge in [0.2, 0.25) is 0 Å². The Kier molecular flexibility index (Phi) is 4.98. The number of benzene rings is 7. The first-order valence-corrected chi connectivity index (χ1v) is 15.3. The monoisotopic (exact) mass is 576 g/mol. The van der Waals surface area contributed by atoms with Gasteiger partial charge in [0.15, 0.2) is 0 Å². The maximum absolute atomic E-state index is 6.68. The van der Waals surface area contributed by atoms with Crippen LogP contribution in [0.25, 0.3) is 71.7 Å². The minimum atomic E-state index is -0.563. The summed E-state index contributed by atoms with van der Waals surface area (Å²) in [5.74, 6) is 1.51. The molecule has 0 amide bonds. The second-order valence-corrected chi connectivity index (χ2v) is 12.0. The van der Waals surface area contributed by atoms with Gasteiger partial charge in [0.05, 0.1) is 11.4 Å². The molecule has 5 heteroatoms. The molecule has 4 bridgehead atoms. The zero-order valence-corrected chi connectivity index (χ0v) is 24.5. The van der Waals surface area contributed by atoms with Gasteiger partial charge in [-0.05, 0) is 92.4 Å². The molecular weight excluding hydrogens is 551 g/mol. The number of aromatic amines is 1. The number of hydrogen-bond acceptors (Lipinski definition) is 3. The predicted octanol–water partition coefficient (Wildman–Crippen LogP) is 9.48. The molecule has 0 radical (unpaired) electrons. The smallest absolute Gasteiger partial charge is 0.525 e. The molecule has 0 saturated heterocycles. The van der Waals surface area contributed by atoms with Crippen molar-refractivity contribution < 1.29 is 9.31 Å². The lowest BCUT2D eigenvalue weighted by Gasteiger charge is -2.19. The van der Waals surface area contributed by atoms with E-state index >= 15 is 0 Å². The summed E-state index contributed by atoms with van der Waals surface area (Å²) in [5.41, 5.74) is 6.89. The number of nitrogens with zero attached hydrogens (tertiary/aromatic N) is 1. The molecule has 0 spiro atoms. The number of aromatic nitrogens is 1. The highest BCUT2D eigenvalue weighted by molar-refractivity contribution is 6.45. The van der Waals surface area contributed by atoms with Crippen LogP contribution in [0, 0.1) is 0 Å². The van der Waals surface area contributed by atoms with Crippen LogP contribution in [-0.2, 0) is 0 Å². The summed E-state index contributed by atoms with van der Waals surface area (Å²) in [5, 5.41) is 10.5. The van der Waals surface area contributed by atoms with Crippen molar-refractivity contribution in [1.29, 1.82) is 0 Å². The molecule has 210 valence electrons. The Labute approximate surface area is 259 Å². The summed E-state index contributed by atoms with van der Waals surface area (Å²) in [6.07, 6.45) is 2.23. The summed E-state index contributed by atoms with van der Waals surface area (Å²) in [6.45, 7) is 1.95. The van der Waals surface area contributed by atoms with Gasteiger partial charge in [-0.3, -0.25) is 0 Å². The van der Waals surface area contributed by atoms with Crippen molar-refractivity contribution in [3.63, 3.8) is 0 Å². The third-order valence-corrected chi connectivity index (χ3v) is 9.27. The third-order valence-electron chi connectivity index (χ3n) is 9.27. The lowest BCUT2D eigenvalue weighted by molar-refractivity contribution is 0.432. The van der Waals surface area contributed by atoms with Crippen LogP contribution >= 0.6 is 0 Å². The molecule has 0 saturated carbocycles. The van der Waals surface area contributed by atoms with E-state index in [1.807, 2.05) is 6.82 Å². The molecule has 7 aromatic carbocycles. The van der Waals surface area contributed by atoms with Gasteiger partial charge >= 0.3 is 7.12 Å². The van der Waals surface area contributed by atoms with Crippen molar-refractivity contribution in [3.8, 4) is 34.0 Å². The van der Waals surface area contributed by atoms with E-state index in [-0.39, 0.29) is 0 Å². The molecule has 1 N–H and O–H groups in total. The summed E-state index contributed by atoms with van der Waals surface area (Å²) in [7, 11) is -0.563. The number of fused-ring (bicyclic) bond motifs is 11. The van der Waals surface area contributed by atoms with Gasteiger partial charge < -0.3 is 14.3 Å². The van der Waals surface area contributed by atoms with Gasteiger partial charge in [0.25, 0.3) is 0 Å². The Balaban J connectivity index is 1.33. The second kappa shape index (κ2) is 9.10. The van der Waals surface area contributed by atoms with Crippen LogP contribution in [-0.4, -0.2) is 17.8 Å². The molecule has 0 fully saturated rings. The average Bonchev–Trinajstić information content (AvgIpc) is 3.73. The summed E-state index contributed by atoms with van der Waals surface area (Å²) >= 11 is 0. The zero-order valence-electron chi connectivity index (χ0n) is 24.5. The van der Waals surface area contributed by atoms with Crippen LogP contribution in [0.4, 0.5) is 5.69 Å². The molecule has 0 aliphatic carbocycles. The Morgan fingerprint density at radius 3 is 1.87 bits per heavy atom. The van der Waals surface area contributed by atoms with Crippen LogP contribution in [0.5, 0.6) is 11.5 Å². The molecule has 10 rings (SSSR count). The van der Waals surface area contributed by atoms with Crippen molar-refractivity contribution in [3.05, 3.63) is 132 Å². The van der Waals surface area contributed by atoms with Gasteiger partial charge in [0.1, 0.15) is 11.5 Å². The normalized spacial score (nSPS) is 13.6. The van der Waals surface area contributed by atoms with Gasteiger partial charge in [-0.2, -0.15) is 0 Å². The molecule has 0 unspecified atom stereocenters. The van der Waals surface area contributed by atoms with E-state index in [1.54, 1.807) is 0 Å². The van der Waals surface area contributed by atoms with E-state index in [9.17, 15) is 0 Å². The fraction of sp³-hybridized carbons (Fsp3) is 0.0250. The average molecular weight is 576 g/mol. The fourth-order valence-corrected chi connectivity index (χ4v) is 7.25. The van der Waals surface area contributed by atoms with Crippen molar-refractivity contribution >= 4 is 67.7 Å². The number of aliphatic imine (C=N–C) groups is 1. The van der Waals surface area contributed by atoms with Crippen LogP contribution < -0.4 is 14.5 Å². The molecule has 2 aliphatic rings. The van der Waals surface area contributed by atoms with Gasteiger partial charge in [0, 0.05) is 33.3 Å². The van der Waals surface area contributed by atoms with Gasteiger partial charge in [-0.1, -0.05) is 84.9 Å². The molecule has 3 heterocycles. The first-order valence-electron chi connectivity index (χ1n) is 15.3. The Morgan fingerprint density at radius 2 is 1.16 bits per heavy atom. The minimum Gasteiger partial charge on any atom is -0.525 e. The predicted molar refractivity (Wildman–Crippen MR) is 187 cm³/mol. The highest BCUT2D eigenvalue weighted by Crippen LogP contribution is 2.43. The van der Waals surface area contributed by atoms with Crippen LogP contribution in [0.3, 0.4) is 0 Å². The van der Waals surface area contributed by atoms with Crippen LogP contribution in [0.15, 0.2) is 126 Å². The summed E-state index contributed by atoms with van der Waals surface area (Å²) in [6, 6.07) is 42.8. The maximum Gasteiger partial charge on any atom is 0.591 e.